The third kappa shape index (κ3) is 3.80. The summed E-state index contributed by atoms with van der Waals surface area (Å²) in [6.07, 6.45) is 6.03. The third-order valence-corrected chi connectivity index (χ3v) is 6.04. The Morgan fingerprint density at radius 2 is 1.67 bits per heavy atom. The molecule has 0 bridgehead atoms. The molecule has 1 aliphatic rings. The molecule has 2 aromatic carbocycles. The highest BCUT2D eigenvalue weighted by Gasteiger charge is 2.44. The third-order valence-electron chi connectivity index (χ3n) is 6.04. The number of hydrogen-bond donors (Lipinski definition) is 1. The maximum absolute atomic E-state index is 13.3. The van der Waals surface area contributed by atoms with Crippen molar-refractivity contribution in [3.8, 4) is 11.3 Å². The van der Waals surface area contributed by atoms with Gasteiger partial charge in [0.15, 0.2) is 0 Å². The molecule has 1 fully saturated rings. The number of hydrogen-bond acceptors (Lipinski definition) is 3. The summed E-state index contributed by atoms with van der Waals surface area (Å²) in [6, 6.07) is 23.4. The molecule has 1 saturated heterocycles. The molecule has 33 heavy (non-hydrogen) atoms. The summed E-state index contributed by atoms with van der Waals surface area (Å²) in [4.78, 5) is 32.7. The quantitative estimate of drug-likeness (QED) is 0.493. The summed E-state index contributed by atoms with van der Waals surface area (Å²) in [5.74, 6) is -0.440. The monoisotopic (exact) mass is 436 g/mol. The number of amides is 2. The minimum Gasteiger partial charge on any atom is -0.336 e. The summed E-state index contributed by atoms with van der Waals surface area (Å²) in [5.41, 5.74) is 3.61. The Balaban J connectivity index is 1.49. The molecule has 4 aromatic rings. The Labute approximate surface area is 192 Å². The van der Waals surface area contributed by atoms with Crippen LogP contribution in [0.25, 0.3) is 23.0 Å². The van der Waals surface area contributed by atoms with Gasteiger partial charge in [-0.15, -0.1) is 0 Å². The molecule has 0 saturated carbocycles. The number of nitrogens with zero attached hydrogens (tertiary/aromatic N) is 3. The van der Waals surface area contributed by atoms with Crippen LogP contribution >= 0.6 is 0 Å². The van der Waals surface area contributed by atoms with Crippen LogP contribution in [-0.2, 0) is 16.0 Å². The molecule has 5 rings (SSSR count). The number of aromatic nitrogens is 2. The fourth-order valence-electron chi connectivity index (χ4n) is 4.33. The van der Waals surface area contributed by atoms with Crippen molar-refractivity contribution in [3.05, 3.63) is 102 Å². The smallest absolute Gasteiger partial charge is 0.268 e. The van der Waals surface area contributed by atoms with E-state index in [0.29, 0.717) is 12.1 Å². The average Bonchev–Trinajstić information content (AvgIpc) is 3.27. The van der Waals surface area contributed by atoms with E-state index in [1.54, 1.807) is 20.0 Å². The molecule has 0 aliphatic carbocycles. The van der Waals surface area contributed by atoms with Crippen molar-refractivity contribution in [2.75, 3.05) is 7.05 Å². The van der Waals surface area contributed by atoms with Crippen LogP contribution in [0, 0.1) is 0 Å². The van der Waals surface area contributed by atoms with Crippen molar-refractivity contribution >= 4 is 23.5 Å². The van der Waals surface area contributed by atoms with Gasteiger partial charge >= 0.3 is 0 Å². The predicted octanol–water partition coefficient (Wildman–Crippen LogP) is 3.93. The lowest BCUT2D eigenvalue weighted by molar-refractivity contribution is -0.143. The first-order valence-corrected chi connectivity index (χ1v) is 10.8. The SMILES string of the molecule is CN1C(=O)C(C)(Cc2ccccc2)NC(=O)/C1=C/c1cccn2cc(-c3ccccc3)nc12. The van der Waals surface area contributed by atoms with Gasteiger partial charge in [-0.1, -0.05) is 60.7 Å². The Bertz CT molecular complexity index is 1380. The van der Waals surface area contributed by atoms with Crippen LogP contribution in [-0.4, -0.2) is 38.7 Å². The first kappa shape index (κ1) is 20.7. The number of nitrogens with one attached hydrogen (secondary N) is 1. The second kappa shape index (κ2) is 8.06. The second-order valence-corrected chi connectivity index (χ2v) is 8.53. The summed E-state index contributed by atoms with van der Waals surface area (Å²) in [6.45, 7) is 1.77. The van der Waals surface area contributed by atoms with Crippen LogP contribution in [0.15, 0.2) is 90.9 Å². The topological polar surface area (TPSA) is 66.7 Å². The van der Waals surface area contributed by atoms with Crippen molar-refractivity contribution in [2.24, 2.45) is 0 Å². The fraction of sp³-hybridized carbons (Fsp3) is 0.148. The Morgan fingerprint density at radius 1 is 0.970 bits per heavy atom. The van der Waals surface area contributed by atoms with E-state index >= 15 is 0 Å². The van der Waals surface area contributed by atoms with Crippen molar-refractivity contribution < 1.29 is 9.59 Å². The molecule has 164 valence electrons. The van der Waals surface area contributed by atoms with Crippen LogP contribution in [0.5, 0.6) is 0 Å². The molecule has 0 spiro atoms. The molecule has 1 aliphatic heterocycles. The molecule has 1 atom stereocenters. The van der Waals surface area contributed by atoms with Crippen LogP contribution in [0.1, 0.15) is 18.1 Å². The van der Waals surface area contributed by atoms with Crippen molar-refractivity contribution in [1.29, 1.82) is 0 Å². The van der Waals surface area contributed by atoms with E-state index in [4.69, 9.17) is 4.98 Å². The number of piperazine rings is 1. The van der Waals surface area contributed by atoms with Gasteiger partial charge < -0.3 is 14.6 Å². The van der Waals surface area contributed by atoms with E-state index in [-0.39, 0.29) is 11.8 Å². The molecule has 0 radical (unpaired) electrons. The largest absolute Gasteiger partial charge is 0.336 e. The highest BCUT2D eigenvalue weighted by molar-refractivity contribution is 6.09. The maximum Gasteiger partial charge on any atom is 0.268 e. The fourth-order valence-corrected chi connectivity index (χ4v) is 4.33. The number of pyridine rings is 1. The van der Waals surface area contributed by atoms with Crippen LogP contribution in [0.2, 0.25) is 0 Å². The van der Waals surface area contributed by atoms with Crippen molar-refractivity contribution in [2.45, 2.75) is 18.9 Å². The Kier molecular flexibility index (Phi) is 5.05. The van der Waals surface area contributed by atoms with E-state index in [9.17, 15) is 9.59 Å². The minimum atomic E-state index is -1.01. The number of carbonyl (C=O) groups is 2. The van der Waals surface area contributed by atoms with Crippen molar-refractivity contribution in [1.82, 2.24) is 19.6 Å². The van der Waals surface area contributed by atoms with Gasteiger partial charge in [-0.2, -0.15) is 0 Å². The number of rotatable bonds is 4. The second-order valence-electron chi connectivity index (χ2n) is 8.53. The molecule has 6 heteroatoms. The van der Waals surface area contributed by atoms with Gasteiger partial charge in [0, 0.05) is 37.0 Å². The Hall–Kier alpha value is -4.19. The number of fused-ring (bicyclic) bond motifs is 1. The minimum absolute atomic E-state index is 0.155. The highest BCUT2D eigenvalue weighted by Crippen LogP contribution is 2.27. The normalized spacial score (nSPS) is 19.8. The van der Waals surface area contributed by atoms with Gasteiger partial charge in [0.2, 0.25) is 0 Å². The van der Waals surface area contributed by atoms with Gasteiger partial charge in [-0.25, -0.2) is 4.98 Å². The summed E-state index contributed by atoms with van der Waals surface area (Å²) < 4.78 is 1.93. The van der Waals surface area contributed by atoms with E-state index in [2.05, 4.69) is 5.32 Å². The van der Waals surface area contributed by atoms with Gasteiger partial charge in [-0.3, -0.25) is 9.59 Å². The lowest BCUT2D eigenvalue weighted by atomic mass is 9.88. The number of benzene rings is 2. The lowest BCUT2D eigenvalue weighted by Crippen LogP contribution is -2.64. The maximum atomic E-state index is 13.3. The highest BCUT2D eigenvalue weighted by atomic mass is 16.2. The van der Waals surface area contributed by atoms with Crippen LogP contribution in [0.3, 0.4) is 0 Å². The van der Waals surface area contributed by atoms with E-state index in [1.165, 1.54) is 4.90 Å². The molecular formula is C27H24N4O2. The van der Waals surface area contributed by atoms with Gasteiger partial charge in [0.25, 0.3) is 11.8 Å². The number of imidazole rings is 1. The van der Waals surface area contributed by atoms with Gasteiger partial charge in [0.1, 0.15) is 16.9 Å². The van der Waals surface area contributed by atoms with Crippen LogP contribution < -0.4 is 5.32 Å². The zero-order valence-electron chi connectivity index (χ0n) is 18.5. The van der Waals surface area contributed by atoms with E-state index in [0.717, 1.165) is 28.0 Å². The molecule has 3 heterocycles. The zero-order chi connectivity index (χ0) is 23.0. The number of likely N-dealkylation sites (N-methyl/N-ethyl adjacent to an activating group) is 1. The van der Waals surface area contributed by atoms with Gasteiger partial charge in [0.05, 0.1) is 5.69 Å². The zero-order valence-corrected chi connectivity index (χ0v) is 18.5. The molecule has 2 amide bonds. The Morgan fingerprint density at radius 3 is 2.39 bits per heavy atom. The summed E-state index contributed by atoms with van der Waals surface area (Å²) >= 11 is 0. The average molecular weight is 437 g/mol. The predicted molar refractivity (Wildman–Crippen MR) is 128 cm³/mol. The first-order chi connectivity index (χ1) is 15.9. The molecule has 1 unspecified atom stereocenters. The lowest BCUT2D eigenvalue weighted by Gasteiger charge is -2.39. The summed E-state index contributed by atoms with van der Waals surface area (Å²) in [7, 11) is 1.65. The summed E-state index contributed by atoms with van der Waals surface area (Å²) in [5, 5.41) is 2.95. The molecule has 2 aromatic heterocycles. The molecule has 1 N–H and O–H groups in total. The van der Waals surface area contributed by atoms with Crippen molar-refractivity contribution in [3.63, 3.8) is 0 Å². The van der Waals surface area contributed by atoms with Crippen LogP contribution in [0.4, 0.5) is 0 Å². The molecular weight excluding hydrogens is 412 g/mol. The first-order valence-electron chi connectivity index (χ1n) is 10.8. The number of carbonyl (C=O) groups excluding carboxylic acids is 2. The van der Waals surface area contributed by atoms with E-state index in [1.807, 2.05) is 89.6 Å². The van der Waals surface area contributed by atoms with Gasteiger partial charge in [-0.05, 0) is 30.7 Å². The molecule has 6 nitrogen and oxygen atoms in total. The standard InChI is InChI=1S/C27H24N4O2/c1-27(17-19-10-5-3-6-11-19)26(33)30(2)23(25(32)29-27)16-21-14-9-15-31-18-22(28-24(21)31)20-12-7-4-8-13-20/h3-16,18H,17H2,1-2H3,(H,29,32)/b23-16-. The van der Waals surface area contributed by atoms with E-state index < -0.39 is 5.54 Å².